The van der Waals surface area contributed by atoms with Crippen molar-refractivity contribution >= 4 is 46.3 Å². The molecule has 3 aliphatic rings. The lowest BCUT2D eigenvalue weighted by Gasteiger charge is -2.36. The number of unbranched alkanes of at least 4 members (excludes halogenated alkanes) is 2. The van der Waals surface area contributed by atoms with Crippen LogP contribution in [0.3, 0.4) is 0 Å². The van der Waals surface area contributed by atoms with Gasteiger partial charge in [0.05, 0.1) is 66.7 Å². The fourth-order valence-corrected chi connectivity index (χ4v) is 9.85. The minimum Gasteiger partial charge on any atom is -0.490 e. The number of aromatic nitrogens is 2. The summed E-state index contributed by atoms with van der Waals surface area (Å²) >= 11 is 0. The van der Waals surface area contributed by atoms with E-state index in [4.69, 9.17) is 20.2 Å². The summed E-state index contributed by atoms with van der Waals surface area (Å²) in [5.41, 5.74) is 8.16. The predicted molar refractivity (Wildman–Crippen MR) is 269 cm³/mol. The Morgan fingerprint density at radius 1 is 0.959 bits per heavy atom. The molecule has 4 aromatic rings. The second kappa shape index (κ2) is 23.2. The van der Waals surface area contributed by atoms with Gasteiger partial charge in [-0.2, -0.15) is 0 Å². The van der Waals surface area contributed by atoms with Crippen LogP contribution in [0.2, 0.25) is 0 Å². The molecular weight excluding hydrogens is 942 g/mol. The Balaban J connectivity index is 0.948. The van der Waals surface area contributed by atoms with Gasteiger partial charge in [-0.3, -0.25) is 33.6 Å². The van der Waals surface area contributed by atoms with Gasteiger partial charge in [0.1, 0.15) is 36.6 Å². The third-order valence-electron chi connectivity index (χ3n) is 13.7. The summed E-state index contributed by atoms with van der Waals surface area (Å²) < 4.78 is 28.9. The first-order valence-corrected chi connectivity index (χ1v) is 24.9. The van der Waals surface area contributed by atoms with E-state index in [2.05, 4.69) is 31.9 Å². The summed E-state index contributed by atoms with van der Waals surface area (Å²) in [5, 5.41) is 28.4. The molecule has 19 nitrogen and oxygen atoms in total. The number of hydrogen-bond acceptors (Lipinski definition) is 12. The lowest BCUT2D eigenvalue weighted by molar-refractivity contribution is -0.133. The second-order valence-electron chi connectivity index (χ2n) is 19.3. The van der Waals surface area contributed by atoms with Crippen LogP contribution < -0.4 is 43.2 Å². The molecule has 2 aromatic heterocycles. The van der Waals surface area contributed by atoms with Gasteiger partial charge >= 0.3 is 0 Å². The molecule has 20 heteroatoms. The molecule has 390 valence electrons. The van der Waals surface area contributed by atoms with Crippen molar-refractivity contribution in [3.63, 3.8) is 0 Å². The van der Waals surface area contributed by atoms with Crippen molar-refractivity contribution in [3.8, 4) is 11.4 Å². The van der Waals surface area contributed by atoms with E-state index < -0.39 is 65.8 Å². The van der Waals surface area contributed by atoms with Crippen LogP contribution in [0, 0.1) is 12.7 Å². The first-order valence-electron chi connectivity index (χ1n) is 24.9. The Hall–Kier alpha value is -7.03. The summed E-state index contributed by atoms with van der Waals surface area (Å²) in [6.45, 7) is 7.81. The molecule has 0 fully saturated rings. The molecule has 7 rings (SSSR count). The van der Waals surface area contributed by atoms with Gasteiger partial charge in [-0.1, -0.05) is 43.7 Å². The van der Waals surface area contributed by atoms with Gasteiger partial charge in [0.2, 0.25) is 35.4 Å². The van der Waals surface area contributed by atoms with Crippen LogP contribution in [0.4, 0.5) is 4.39 Å². The fourth-order valence-electron chi connectivity index (χ4n) is 9.85. The summed E-state index contributed by atoms with van der Waals surface area (Å²) in [4.78, 5) is 96.6. The second-order valence-corrected chi connectivity index (χ2v) is 19.3. The number of carbonyl (C=O) groups excluding carboxylic acids is 6. The highest BCUT2D eigenvalue weighted by Crippen LogP contribution is 2.47. The van der Waals surface area contributed by atoms with E-state index in [0.29, 0.717) is 65.2 Å². The number of fused-ring (bicyclic) bond motifs is 5. The molecule has 2 aliphatic heterocycles. The van der Waals surface area contributed by atoms with Crippen molar-refractivity contribution in [2.24, 2.45) is 5.73 Å². The highest BCUT2D eigenvalue weighted by atomic mass is 19.1. The first kappa shape index (κ1) is 53.8. The van der Waals surface area contributed by atoms with Crippen LogP contribution in [-0.2, 0) is 69.8 Å². The van der Waals surface area contributed by atoms with E-state index in [1.54, 1.807) is 74.7 Å². The number of aliphatic hydroxyl groups is 1. The summed E-state index contributed by atoms with van der Waals surface area (Å²) in [6, 6.07) is 10.4. The number of aryl methyl sites for hydroxylation is 1. The van der Waals surface area contributed by atoms with Crippen LogP contribution in [-0.4, -0.2) is 94.7 Å². The summed E-state index contributed by atoms with van der Waals surface area (Å²) in [6.07, 6.45) is 5.31. The average Bonchev–Trinajstić information content (AvgIpc) is 3.73. The fraction of sp³-hybridized carbons (Fsp3) is 0.472. The van der Waals surface area contributed by atoms with Gasteiger partial charge in [-0.15, -0.1) is 0 Å². The van der Waals surface area contributed by atoms with Crippen LogP contribution >= 0.6 is 0 Å². The Morgan fingerprint density at radius 2 is 1.67 bits per heavy atom. The Kier molecular flexibility index (Phi) is 17.1. The number of carbonyl (C=O) groups is 6. The summed E-state index contributed by atoms with van der Waals surface area (Å²) in [7, 11) is 0. The normalized spacial score (nSPS) is 17.4. The van der Waals surface area contributed by atoms with Gasteiger partial charge in [0.15, 0.2) is 0 Å². The van der Waals surface area contributed by atoms with E-state index in [0.717, 1.165) is 40.5 Å². The van der Waals surface area contributed by atoms with Crippen LogP contribution in [0.1, 0.15) is 118 Å². The zero-order valence-electron chi connectivity index (χ0n) is 42.1. The molecular formula is C53H66FN9O10. The standard InChI is InChI=1S/C53H66FN9O10/c1-6-41-53(71,7-2)35-21-40-49-33(27-63(40)51(70)34(35)28-72-41)48-37(18-17-32-30(3)36(54)22-38(62-49)47(32)48)60-43(65)23-52(4,5)73-29-59-45(67)25-58-50(69)39(20-31-14-10-8-11-15-31)61-46(68)26-57-44(66)24-56-42(64)16-12-9-13-19-55/h6,8,10-11,14-15,21-22,37,39,71H,7,9,12-13,16-20,23-29,55H2,1-5H3,(H,56,64)(H,57,66)(H,58,69)(H,59,67)(H,60,65)(H,61,68)/b41-6-/t37-,39-,53-/m0/s1. The Morgan fingerprint density at radius 3 is 2.40 bits per heavy atom. The number of nitrogens with zero attached hydrogens (tertiary/aromatic N) is 2. The number of benzene rings is 2. The van der Waals surface area contributed by atoms with Gasteiger partial charge < -0.3 is 56.8 Å². The molecule has 0 saturated heterocycles. The third kappa shape index (κ3) is 12.3. The number of nitrogens with one attached hydrogen (secondary N) is 6. The molecule has 0 bridgehead atoms. The van der Waals surface area contributed by atoms with E-state index in [1.165, 1.54) is 6.07 Å². The summed E-state index contributed by atoms with van der Waals surface area (Å²) in [5.74, 6) is -3.21. The van der Waals surface area contributed by atoms with Crippen LogP contribution in [0.5, 0.6) is 0 Å². The van der Waals surface area contributed by atoms with Crippen molar-refractivity contribution < 1.29 is 47.7 Å². The van der Waals surface area contributed by atoms with Crippen LogP contribution in [0.25, 0.3) is 22.3 Å². The Bertz CT molecular complexity index is 2890. The van der Waals surface area contributed by atoms with Crippen molar-refractivity contribution in [2.75, 3.05) is 32.9 Å². The molecule has 6 amide bonds. The topological polar surface area (TPSA) is 274 Å². The van der Waals surface area contributed by atoms with E-state index in [9.17, 15) is 38.7 Å². The number of hydrogen-bond donors (Lipinski definition) is 8. The minimum absolute atomic E-state index is 0.00964. The maximum absolute atomic E-state index is 15.5. The largest absolute Gasteiger partial charge is 0.490 e. The molecule has 1 aliphatic carbocycles. The number of amides is 6. The lowest BCUT2D eigenvalue weighted by Crippen LogP contribution is -2.52. The average molecular weight is 1010 g/mol. The molecule has 2 aromatic carbocycles. The third-order valence-corrected chi connectivity index (χ3v) is 13.7. The molecule has 9 N–H and O–H groups in total. The van der Waals surface area contributed by atoms with Gasteiger partial charge in [0, 0.05) is 35.4 Å². The SMILES string of the molecule is C/C=C1\OCc2c(cc3n(c2=O)Cc2c-3nc3cc(F)c(C)c4c3c2[C@@H](NC(=O)CC(C)(C)OCNC(=O)CNC(=O)[C@H](Cc2ccccc2)NC(=O)CNC(=O)CNC(=O)CCCCCN)CC4)[C@@]1(O)CC. The van der Waals surface area contributed by atoms with Gasteiger partial charge in [-0.25, -0.2) is 9.37 Å². The first-order chi connectivity index (χ1) is 34.9. The highest BCUT2D eigenvalue weighted by Gasteiger charge is 2.43. The van der Waals surface area contributed by atoms with Crippen molar-refractivity contribution in [1.82, 2.24) is 41.5 Å². The zero-order valence-corrected chi connectivity index (χ0v) is 42.1. The molecule has 4 heterocycles. The molecule has 0 spiro atoms. The molecule has 0 saturated carbocycles. The number of rotatable bonds is 22. The maximum atomic E-state index is 15.5. The molecule has 0 radical (unpaired) electrons. The van der Waals surface area contributed by atoms with Crippen molar-refractivity contribution in [2.45, 2.75) is 129 Å². The number of halogens is 1. The van der Waals surface area contributed by atoms with Crippen molar-refractivity contribution in [1.29, 1.82) is 0 Å². The zero-order chi connectivity index (χ0) is 52.6. The predicted octanol–water partition coefficient (Wildman–Crippen LogP) is 2.86. The number of allylic oxidation sites excluding steroid dienone is 1. The monoisotopic (exact) mass is 1010 g/mol. The quantitative estimate of drug-likeness (QED) is 0.0368. The molecule has 73 heavy (non-hydrogen) atoms. The number of ether oxygens (including phenoxy) is 2. The smallest absolute Gasteiger partial charge is 0.258 e. The number of pyridine rings is 2. The van der Waals surface area contributed by atoms with Crippen molar-refractivity contribution in [3.05, 3.63) is 109 Å². The Labute approximate surface area is 422 Å². The minimum atomic E-state index is -1.53. The van der Waals surface area contributed by atoms with E-state index >= 15 is 4.39 Å². The van der Waals surface area contributed by atoms with E-state index in [1.807, 2.05) is 6.92 Å². The molecule has 3 atom stereocenters. The van der Waals surface area contributed by atoms with Gasteiger partial charge in [0.25, 0.3) is 5.56 Å². The van der Waals surface area contributed by atoms with Gasteiger partial charge in [-0.05, 0) is 101 Å². The molecule has 0 unspecified atom stereocenters. The maximum Gasteiger partial charge on any atom is 0.258 e. The number of nitrogens with two attached hydrogens (primary N) is 1. The highest BCUT2D eigenvalue weighted by molar-refractivity contribution is 5.94. The lowest BCUT2D eigenvalue weighted by atomic mass is 9.81. The van der Waals surface area contributed by atoms with Crippen LogP contribution in [0.15, 0.2) is 59.1 Å². The van der Waals surface area contributed by atoms with E-state index in [-0.39, 0.29) is 69.5 Å².